The molecule has 0 aliphatic heterocycles. The quantitative estimate of drug-likeness (QED) is 0.137. The zero-order chi connectivity index (χ0) is 26.6. The van der Waals surface area contributed by atoms with Crippen molar-refractivity contribution in [3.63, 3.8) is 0 Å². The highest BCUT2D eigenvalue weighted by Gasteiger charge is 2.20. The Hall–Kier alpha value is -2.85. The molecule has 0 amide bonds. The second kappa shape index (κ2) is 14.9. The summed E-state index contributed by atoms with van der Waals surface area (Å²) in [6.45, 7) is 4.35. The zero-order valence-electron chi connectivity index (χ0n) is 23.6. The first-order valence-electron chi connectivity index (χ1n) is 15.1. The van der Waals surface area contributed by atoms with Gasteiger partial charge < -0.3 is 0 Å². The number of benzene rings is 3. The Morgan fingerprint density at radius 3 is 2.26 bits per heavy atom. The average Bonchev–Trinajstić information content (AvgIpc) is 2.95. The lowest BCUT2D eigenvalue weighted by molar-refractivity contribution is 0.254. The van der Waals surface area contributed by atoms with Crippen LogP contribution in [0.1, 0.15) is 107 Å². The van der Waals surface area contributed by atoms with Crippen LogP contribution in [0.5, 0.6) is 0 Å². The van der Waals surface area contributed by atoms with Gasteiger partial charge in [0.15, 0.2) is 0 Å². The summed E-state index contributed by atoms with van der Waals surface area (Å²) in [5, 5.41) is 1.63. The van der Waals surface area contributed by atoms with Crippen molar-refractivity contribution >= 4 is 10.8 Å². The lowest BCUT2D eigenvalue weighted by Gasteiger charge is -2.28. The molecule has 1 aliphatic rings. The van der Waals surface area contributed by atoms with Crippen molar-refractivity contribution in [3.05, 3.63) is 94.8 Å². The molecule has 0 nitrogen and oxygen atoms in total. The van der Waals surface area contributed by atoms with E-state index >= 15 is 4.39 Å². The van der Waals surface area contributed by atoms with E-state index in [4.69, 9.17) is 0 Å². The van der Waals surface area contributed by atoms with Gasteiger partial charge >= 0.3 is 0 Å². The Morgan fingerprint density at radius 2 is 1.53 bits per heavy atom. The minimum absolute atomic E-state index is 0.208. The van der Waals surface area contributed by atoms with Gasteiger partial charge in [-0.2, -0.15) is 0 Å². The first-order valence-corrected chi connectivity index (χ1v) is 15.1. The maximum atomic E-state index is 15.2. The smallest absolute Gasteiger partial charge is 0.146 e. The second-order valence-corrected chi connectivity index (χ2v) is 11.3. The molecule has 38 heavy (non-hydrogen) atoms. The van der Waals surface area contributed by atoms with E-state index in [0.29, 0.717) is 10.9 Å². The van der Waals surface area contributed by atoms with Crippen LogP contribution in [0.3, 0.4) is 0 Å². The average molecular weight is 509 g/mol. The van der Waals surface area contributed by atoms with Gasteiger partial charge in [-0.1, -0.05) is 112 Å². The number of fused-ring (bicyclic) bond motifs is 1. The van der Waals surface area contributed by atoms with Gasteiger partial charge in [-0.05, 0) is 92.0 Å². The highest BCUT2D eigenvalue weighted by Crippen LogP contribution is 2.34. The normalized spacial score (nSPS) is 17.6. The Balaban J connectivity index is 1.29. The number of hydrogen-bond donors (Lipinski definition) is 0. The maximum absolute atomic E-state index is 15.2. The molecular weight excluding hydrogens is 463 g/mol. The highest BCUT2D eigenvalue weighted by atomic mass is 19.1. The fourth-order valence-electron chi connectivity index (χ4n) is 5.92. The second-order valence-electron chi connectivity index (χ2n) is 11.3. The van der Waals surface area contributed by atoms with Crippen molar-refractivity contribution in [2.45, 2.75) is 97.3 Å². The molecule has 0 heterocycles. The molecule has 200 valence electrons. The largest absolute Gasteiger partial charge is 0.205 e. The third kappa shape index (κ3) is 8.33. The summed E-state index contributed by atoms with van der Waals surface area (Å²) in [5.41, 5.74) is 4.09. The van der Waals surface area contributed by atoms with Gasteiger partial charge in [-0.25, -0.2) is 4.39 Å². The fourth-order valence-corrected chi connectivity index (χ4v) is 5.92. The van der Waals surface area contributed by atoms with Crippen molar-refractivity contribution in [1.82, 2.24) is 0 Å². The molecule has 3 aromatic carbocycles. The predicted molar refractivity (Wildman–Crippen MR) is 162 cm³/mol. The molecule has 3 aromatic rings. The van der Waals surface area contributed by atoms with Crippen molar-refractivity contribution in [3.8, 4) is 11.8 Å². The van der Waals surface area contributed by atoms with Gasteiger partial charge in [0, 0.05) is 10.9 Å². The van der Waals surface area contributed by atoms with Gasteiger partial charge in [-0.15, -0.1) is 0 Å². The van der Waals surface area contributed by atoms with Crippen LogP contribution in [0.2, 0.25) is 0 Å². The van der Waals surface area contributed by atoms with E-state index in [0.717, 1.165) is 35.6 Å². The summed E-state index contributed by atoms with van der Waals surface area (Å²) < 4.78 is 15.2. The molecule has 0 N–H and O–H groups in total. The molecule has 0 atom stereocenters. The minimum Gasteiger partial charge on any atom is -0.205 e. The molecule has 1 heteroatoms. The molecule has 0 aromatic heterocycles. The summed E-state index contributed by atoms with van der Waals surface area (Å²) >= 11 is 0. The standard InChI is InChI=1S/C37H45F/c1-3-5-7-9-11-33-23-27-36-35(28-33)26-25-34(37(36)38)24-22-32-20-18-31(19-21-32)17-16-30-14-12-29(13-15-30)10-8-6-4-2/h4,6,18-21,23,25-30H,3,5,7-17H2,1-2H3/b6-4+. The third-order valence-electron chi connectivity index (χ3n) is 8.42. The monoisotopic (exact) mass is 508 g/mol. The molecule has 0 bridgehead atoms. The van der Waals surface area contributed by atoms with E-state index in [9.17, 15) is 0 Å². The van der Waals surface area contributed by atoms with E-state index in [2.05, 4.69) is 74.2 Å². The number of allylic oxidation sites excluding steroid dienone is 2. The number of unbranched alkanes of at least 4 members (excludes halogenated alkanes) is 3. The van der Waals surface area contributed by atoms with Gasteiger partial charge in [0.2, 0.25) is 0 Å². The van der Waals surface area contributed by atoms with E-state index in [-0.39, 0.29) is 5.82 Å². The minimum atomic E-state index is -0.208. The summed E-state index contributed by atoms with van der Waals surface area (Å²) in [4.78, 5) is 0. The topological polar surface area (TPSA) is 0 Å². The van der Waals surface area contributed by atoms with Crippen molar-refractivity contribution < 1.29 is 4.39 Å². The SMILES string of the molecule is C/C=C/CCC1CCC(CCc2ccc(C#Cc3ccc4cc(CCCCCC)ccc4c3F)cc2)CC1. The van der Waals surface area contributed by atoms with Crippen LogP contribution in [0, 0.1) is 29.5 Å². The summed E-state index contributed by atoms with van der Waals surface area (Å²) in [6.07, 6.45) is 21.2. The Kier molecular flexibility index (Phi) is 11.1. The Morgan fingerprint density at radius 1 is 0.789 bits per heavy atom. The van der Waals surface area contributed by atoms with E-state index in [1.165, 1.54) is 81.8 Å². The molecule has 1 aliphatic carbocycles. The summed E-state index contributed by atoms with van der Waals surface area (Å²) in [6, 6.07) is 18.6. The lowest BCUT2D eigenvalue weighted by atomic mass is 9.78. The number of rotatable bonds is 11. The van der Waals surface area contributed by atoms with Gasteiger partial charge in [0.1, 0.15) is 5.82 Å². The lowest BCUT2D eigenvalue weighted by Crippen LogP contribution is -2.15. The van der Waals surface area contributed by atoms with Crippen LogP contribution in [0.4, 0.5) is 4.39 Å². The molecule has 4 rings (SSSR count). The van der Waals surface area contributed by atoms with Gasteiger partial charge in [-0.3, -0.25) is 0 Å². The fraction of sp³-hybridized carbons (Fsp3) is 0.459. The molecular formula is C37H45F. The number of aryl methyl sites for hydroxylation is 2. The number of halogens is 1. The van der Waals surface area contributed by atoms with Crippen LogP contribution in [0.25, 0.3) is 10.8 Å². The van der Waals surface area contributed by atoms with Crippen LogP contribution >= 0.6 is 0 Å². The highest BCUT2D eigenvalue weighted by molar-refractivity contribution is 5.85. The molecule has 0 radical (unpaired) electrons. The molecule has 0 spiro atoms. The first-order chi connectivity index (χ1) is 18.7. The first kappa shape index (κ1) is 28.2. The summed E-state index contributed by atoms with van der Waals surface area (Å²) in [5.74, 6) is 7.87. The van der Waals surface area contributed by atoms with Crippen LogP contribution in [-0.4, -0.2) is 0 Å². The van der Waals surface area contributed by atoms with Crippen LogP contribution in [0.15, 0.2) is 66.7 Å². The molecule has 0 unspecified atom stereocenters. The predicted octanol–water partition coefficient (Wildman–Crippen LogP) is 10.6. The van der Waals surface area contributed by atoms with Gasteiger partial charge in [0.05, 0.1) is 5.56 Å². The van der Waals surface area contributed by atoms with E-state index in [1.807, 2.05) is 18.2 Å². The molecule has 1 saturated carbocycles. The van der Waals surface area contributed by atoms with Crippen LogP contribution in [-0.2, 0) is 12.8 Å². The van der Waals surface area contributed by atoms with Crippen LogP contribution < -0.4 is 0 Å². The van der Waals surface area contributed by atoms with Crippen molar-refractivity contribution in [2.24, 2.45) is 11.8 Å². The maximum Gasteiger partial charge on any atom is 0.146 e. The Labute approximate surface area is 230 Å². The van der Waals surface area contributed by atoms with Gasteiger partial charge in [0.25, 0.3) is 0 Å². The van der Waals surface area contributed by atoms with E-state index in [1.54, 1.807) is 0 Å². The van der Waals surface area contributed by atoms with Crippen molar-refractivity contribution in [2.75, 3.05) is 0 Å². The Bertz CT molecular complexity index is 1230. The van der Waals surface area contributed by atoms with Crippen molar-refractivity contribution in [1.29, 1.82) is 0 Å². The molecule has 0 saturated heterocycles. The zero-order valence-corrected chi connectivity index (χ0v) is 23.6. The summed E-state index contributed by atoms with van der Waals surface area (Å²) in [7, 11) is 0. The third-order valence-corrected chi connectivity index (χ3v) is 8.42. The number of hydrogen-bond acceptors (Lipinski definition) is 0. The molecule has 1 fully saturated rings. The van der Waals surface area contributed by atoms with E-state index < -0.39 is 0 Å².